The highest BCUT2D eigenvalue weighted by atomic mass is 19.1. The fraction of sp³-hybridized carbons (Fsp3) is 0.448. The Hall–Kier alpha value is -3.95. The van der Waals surface area contributed by atoms with Crippen LogP contribution in [0.2, 0.25) is 0 Å². The summed E-state index contributed by atoms with van der Waals surface area (Å²) in [6, 6.07) is 9.99. The van der Waals surface area contributed by atoms with Gasteiger partial charge in [-0.05, 0) is 67.1 Å². The van der Waals surface area contributed by atoms with Gasteiger partial charge in [0.1, 0.15) is 17.4 Å². The molecule has 0 radical (unpaired) electrons. The highest BCUT2D eigenvalue weighted by molar-refractivity contribution is 5.98. The summed E-state index contributed by atoms with van der Waals surface area (Å²) in [6.45, 7) is 6.53. The molecule has 0 saturated carbocycles. The molecule has 208 valence electrons. The molecule has 10 heteroatoms. The number of amides is 3. The average Bonchev–Trinajstić information content (AvgIpc) is 3.16. The van der Waals surface area contributed by atoms with Gasteiger partial charge in [0.2, 0.25) is 11.8 Å². The Labute approximate surface area is 227 Å². The SMILES string of the molecule is CCc1ccc(F)c(C(=O)N[C@@H](C(=O)N2CCC3(CC2)C(=O)N(C)CN3c2ccc(C(=O)O)cc2)C(C)C)c1. The first-order valence-electron chi connectivity index (χ1n) is 13.2. The van der Waals surface area contributed by atoms with Crippen LogP contribution in [0.5, 0.6) is 0 Å². The van der Waals surface area contributed by atoms with E-state index in [2.05, 4.69) is 5.32 Å². The maximum absolute atomic E-state index is 14.4. The van der Waals surface area contributed by atoms with E-state index < -0.39 is 29.3 Å². The van der Waals surface area contributed by atoms with Crippen molar-refractivity contribution < 1.29 is 28.7 Å². The standard InChI is InChI=1S/C29H35FN4O5/c1-5-19-6-11-23(30)22(16-19)25(35)31-24(18(2)3)26(36)33-14-12-29(13-15-33)28(39)32(4)17-34(29)21-9-7-20(8-10-21)27(37)38/h6-11,16,18,24H,5,12-15,17H2,1-4H3,(H,31,35)(H,37,38)/t24-/m1/s1. The number of likely N-dealkylation sites (N-methyl/N-ethyl adjacent to an activating group) is 1. The maximum atomic E-state index is 14.4. The van der Waals surface area contributed by atoms with E-state index in [4.69, 9.17) is 0 Å². The number of carbonyl (C=O) groups is 4. The van der Waals surface area contributed by atoms with Crippen LogP contribution in [0.3, 0.4) is 0 Å². The molecule has 0 bridgehead atoms. The number of carboxylic acids is 1. The monoisotopic (exact) mass is 538 g/mol. The van der Waals surface area contributed by atoms with Gasteiger partial charge in [-0.3, -0.25) is 14.4 Å². The molecule has 2 N–H and O–H groups in total. The van der Waals surface area contributed by atoms with Crippen LogP contribution in [0.15, 0.2) is 42.5 Å². The highest BCUT2D eigenvalue weighted by Gasteiger charge is 2.53. The molecule has 2 heterocycles. The molecule has 4 rings (SSSR count). The minimum absolute atomic E-state index is 0.0445. The molecule has 2 aliphatic heterocycles. The Kier molecular flexibility index (Phi) is 7.94. The summed E-state index contributed by atoms with van der Waals surface area (Å²) >= 11 is 0. The fourth-order valence-electron chi connectivity index (χ4n) is 5.47. The first-order valence-corrected chi connectivity index (χ1v) is 13.2. The van der Waals surface area contributed by atoms with Gasteiger partial charge in [0.25, 0.3) is 5.91 Å². The highest BCUT2D eigenvalue weighted by Crippen LogP contribution is 2.39. The van der Waals surface area contributed by atoms with Crippen LogP contribution in [0, 0.1) is 11.7 Å². The predicted octanol–water partition coefficient (Wildman–Crippen LogP) is 3.14. The molecule has 2 aromatic carbocycles. The van der Waals surface area contributed by atoms with Crippen LogP contribution in [0.25, 0.3) is 0 Å². The number of aryl methyl sites for hydroxylation is 1. The summed E-state index contributed by atoms with van der Waals surface area (Å²) in [7, 11) is 1.73. The van der Waals surface area contributed by atoms with Crippen molar-refractivity contribution in [2.75, 3.05) is 31.7 Å². The van der Waals surface area contributed by atoms with Crippen molar-refractivity contribution in [3.05, 3.63) is 65.0 Å². The van der Waals surface area contributed by atoms with Crippen molar-refractivity contribution in [1.82, 2.24) is 15.1 Å². The van der Waals surface area contributed by atoms with E-state index in [1.54, 1.807) is 35.0 Å². The van der Waals surface area contributed by atoms with Gasteiger partial charge in [0.05, 0.1) is 17.8 Å². The molecule has 2 aliphatic rings. The van der Waals surface area contributed by atoms with Crippen LogP contribution in [-0.4, -0.2) is 77.0 Å². The maximum Gasteiger partial charge on any atom is 0.335 e. The number of benzene rings is 2. The number of rotatable bonds is 7. The third-order valence-electron chi connectivity index (χ3n) is 7.85. The lowest BCUT2D eigenvalue weighted by molar-refractivity contribution is -0.139. The molecule has 0 unspecified atom stereocenters. The number of piperidine rings is 1. The third-order valence-corrected chi connectivity index (χ3v) is 7.85. The van der Waals surface area contributed by atoms with Gasteiger partial charge in [0, 0.05) is 25.8 Å². The lowest BCUT2D eigenvalue weighted by atomic mass is 9.85. The van der Waals surface area contributed by atoms with Crippen LogP contribution in [0.1, 0.15) is 59.9 Å². The molecule has 0 aliphatic carbocycles. The number of likely N-dealkylation sites (tertiary alicyclic amines) is 1. The Bertz CT molecular complexity index is 1270. The fourth-order valence-corrected chi connectivity index (χ4v) is 5.47. The largest absolute Gasteiger partial charge is 0.478 e. The number of carbonyl (C=O) groups excluding carboxylic acids is 3. The second-order valence-electron chi connectivity index (χ2n) is 10.6. The first kappa shape index (κ1) is 28.1. The zero-order valence-corrected chi connectivity index (χ0v) is 22.7. The Balaban J connectivity index is 1.50. The number of hydrogen-bond donors (Lipinski definition) is 2. The number of hydrogen-bond acceptors (Lipinski definition) is 5. The van der Waals surface area contributed by atoms with Crippen molar-refractivity contribution in [2.45, 2.75) is 51.6 Å². The second-order valence-corrected chi connectivity index (χ2v) is 10.6. The van der Waals surface area contributed by atoms with Crippen molar-refractivity contribution >= 4 is 29.4 Å². The molecule has 0 aromatic heterocycles. The van der Waals surface area contributed by atoms with Crippen LogP contribution in [-0.2, 0) is 16.0 Å². The van der Waals surface area contributed by atoms with Gasteiger partial charge < -0.3 is 25.1 Å². The number of halogens is 1. The Morgan fingerprint density at radius 3 is 2.28 bits per heavy atom. The van der Waals surface area contributed by atoms with Gasteiger partial charge in [-0.15, -0.1) is 0 Å². The van der Waals surface area contributed by atoms with Gasteiger partial charge in [-0.1, -0.05) is 26.8 Å². The topological polar surface area (TPSA) is 110 Å². The second kappa shape index (κ2) is 11.0. The van der Waals surface area contributed by atoms with Gasteiger partial charge in [-0.2, -0.15) is 0 Å². The quantitative estimate of drug-likeness (QED) is 0.561. The van der Waals surface area contributed by atoms with E-state index in [0.29, 0.717) is 39.0 Å². The zero-order chi connectivity index (χ0) is 28.5. The third kappa shape index (κ3) is 5.32. The first-order chi connectivity index (χ1) is 18.5. The summed E-state index contributed by atoms with van der Waals surface area (Å²) in [5, 5.41) is 12.0. The predicted molar refractivity (Wildman–Crippen MR) is 144 cm³/mol. The molecular weight excluding hydrogens is 503 g/mol. The summed E-state index contributed by atoms with van der Waals surface area (Å²) in [6.07, 6.45) is 1.42. The van der Waals surface area contributed by atoms with Gasteiger partial charge >= 0.3 is 5.97 Å². The minimum atomic E-state index is -1.02. The number of anilines is 1. The van der Waals surface area contributed by atoms with Crippen LogP contribution >= 0.6 is 0 Å². The molecule has 39 heavy (non-hydrogen) atoms. The molecule has 2 aromatic rings. The zero-order valence-electron chi connectivity index (χ0n) is 22.7. The number of aromatic carboxylic acids is 1. The Morgan fingerprint density at radius 2 is 1.72 bits per heavy atom. The number of carboxylic acid groups (broad SMARTS) is 1. The molecule has 9 nitrogen and oxygen atoms in total. The van der Waals surface area contributed by atoms with Gasteiger partial charge in [0.15, 0.2) is 0 Å². The average molecular weight is 539 g/mol. The van der Waals surface area contributed by atoms with Crippen molar-refractivity contribution in [3.8, 4) is 0 Å². The van der Waals surface area contributed by atoms with E-state index in [0.717, 1.165) is 11.3 Å². The molecule has 2 saturated heterocycles. The van der Waals surface area contributed by atoms with E-state index in [1.807, 2.05) is 25.7 Å². The number of nitrogens with one attached hydrogen (secondary N) is 1. The molecule has 1 atom stereocenters. The molecular formula is C29H35FN4O5. The van der Waals surface area contributed by atoms with Crippen molar-refractivity contribution in [1.29, 1.82) is 0 Å². The molecule has 2 fully saturated rings. The smallest absolute Gasteiger partial charge is 0.335 e. The van der Waals surface area contributed by atoms with E-state index in [-0.39, 0.29) is 28.9 Å². The van der Waals surface area contributed by atoms with Crippen molar-refractivity contribution in [3.63, 3.8) is 0 Å². The summed E-state index contributed by atoms with van der Waals surface area (Å²) in [4.78, 5) is 56.4. The van der Waals surface area contributed by atoms with E-state index in [1.165, 1.54) is 24.3 Å². The molecule has 3 amide bonds. The Morgan fingerprint density at radius 1 is 1.08 bits per heavy atom. The van der Waals surface area contributed by atoms with E-state index in [9.17, 15) is 28.7 Å². The lowest BCUT2D eigenvalue weighted by Crippen LogP contribution is -2.60. The summed E-state index contributed by atoms with van der Waals surface area (Å²) in [5.41, 5.74) is 0.783. The summed E-state index contributed by atoms with van der Waals surface area (Å²) in [5.74, 6) is -2.84. The van der Waals surface area contributed by atoms with Gasteiger partial charge in [-0.25, -0.2) is 9.18 Å². The van der Waals surface area contributed by atoms with Crippen LogP contribution in [0.4, 0.5) is 10.1 Å². The van der Waals surface area contributed by atoms with Crippen LogP contribution < -0.4 is 10.2 Å². The number of nitrogens with zero attached hydrogens (tertiary/aromatic N) is 3. The normalized spacial score (nSPS) is 17.6. The lowest BCUT2D eigenvalue weighted by Gasteiger charge is -2.44. The minimum Gasteiger partial charge on any atom is -0.478 e. The van der Waals surface area contributed by atoms with E-state index >= 15 is 0 Å². The summed E-state index contributed by atoms with van der Waals surface area (Å²) < 4.78 is 14.4. The molecule has 1 spiro atoms. The van der Waals surface area contributed by atoms with Crippen molar-refractivity contribution in [2.24, 2.45) is 5.92 Å².